The van der Waals surface area contributed by atoms with Gasteiger partial charge in [0.2, 0.25) is 0 Å². The molecule has 0 aromatic heterocycles. The van der Waals surface area contributed by atoms with Gasteiger partial charge < -0.3 is 0 Å². The van der Waals surface area contributed by atoms with Crippen LogP contribution in [-0.2, 0) is 34.0 Å². The van der Waals surface area contributed by atoms with Crippen molar-refractivity contribution in [3.05, 3.63) is 166 Å². The van der Waals surface area contributed by atoms with Crippen molar-refractivity contribution in [2.24, 2.45) is 0 Å². The van der Waals surface area contributed by atoms with Gasteiger partial charge in [-0.15, -0.1) is 0 Å². The summed E-state index contributed by atoms with van der Waals surface area (Å²) in [6.45, 7) is 0. The molecule has 0 bridgehead atoms. The average molecular weight is 677 g/mol. The van der Waals surface area contributed by atoms with E-state index in [2.05, 4.69) is 84.9 Å². The number of benzene rings is 6. The molecular formula is C38H26Cl2O2Zr. The molecule has 208 valence electrons. The van der Waals surface area contributed by atoms with Crippen molar-refractivity contribution in [1.82, 2.24) is 0 Å². The van der Waals surface area contributed by atoms with Gasteiger partial charge in [0.05, 0.1) is 0 Å². The van der Waals surface area contributed by atoms with Crippen LogP contribution < -0.4 is 12.2 Å². The molecule has 0 atom stereocenters. The van der Waals surface area contributed by atoms with Gasteiger partial charge in [0.1, 0.15) is 0 Å². The first-order valence-corrected chi connectivity index (χ1v) is 19.6. The van der Waals surface area contributed by atoms with Gasteiger partial charge in [-0.05, 0) is 0 Å². The Morgan fingerprint density at radius 3 is 1.28 bits per heavy atom. The number of hydrogen-bond acceptors (Lipinski definition) is 2. The second-order valence-corrected chi connectivity index (χ2v) is 18.5. The SMILES string of the molecule is Clc1ccccc1[O][Zr]([O]c1ccccc1Cl)([c]1cccc2c1Cc1ccccc1-2)[c]1cccc2c1Cc1ccccc1-2. The van der Waals surface area contributed by atoms with Gasteiger partial charge in [-0.2, -0.15) is 0 Å². The van der Waals surface area contributed by atoms with Gasteiger partial charge >= 0.3 is 269 Å². The van der Waals surface area contributed by atoms with Crippen LogP contribution in [0.15, 0.2) is 133 Å². The van der Waals surface area contributed by atoms with Crippen molar-refractivity contribution >= 4 is 29.7 Å². The maximum absolute atomic E-state index is 7.41. The quantitative estimate of drug-likeness (QED) is 0.175. The van der Waals surface area contributed by atoms with Crippen molar-refractivity contribution in [2.75, 3.05) is 0 Å². The third kappa shape index (κ3) is 4.49. The van der Waals surface area contributed by atoms with Gasteiger partial charge in [-0.3, -0.25) is 0 Å². The molecule has 0 aliphatic heterocycles. The van der Waals surface area contributed by atoms with E-state index in [1.54, 1.807) is 0 Å². The summed E-state index contributed by atoms with van der Waals surface area (Å²) in [4.78, 5) is 0. The van der Waals surface area contributed by atoms with Crippen LogP contribution in [0.25, 0.3) is 22.3 Å². The molecule has 2 nitrogen and oxygen atoms in total. The summed E-state index contributed by atoms with van der Waals surface area (Å²) in [7, 11) is 0. The number of hydrogen-bond donors (Lipinski definition) is 0. The topological polar surface area (TPSA) is 18.5 Å². The first kappa shape index (κ1) is 27.0. The summed E-state index contributed by atoms with van der Waals surface area (Å²) in [5.74, 6) is 1.24. The van der Waals surface area contributed by atoms with Crippen LogP contribution in [-0.4, -0.2) is 0 Å². The summed E-state index contributed by atoms with van der Waals surface area (Å²) in [5, 5.41) is 1.11. The first-order valence-electron chi connectivity index (χ1n) is 14.4. The van der Waals surface area contributed by atoms with Crippen LogP contribution in [0, 0.1) is 0 Å². The number of fused-ring (bicyclic) bond motifs is 6. The Morgan fingerprint density at radius 2 is 0.814 bits per heavy atom. The molecule has 5 heteroatoms. The Labute approximate surface area is 267 Å². The van der Waals surface area contributed by atoms with E-state index in [4.69, 9.17) is 28.8 Å². The average Bonchev–Trinajstić information content (AvgIpc) is 3.61. The molecule has 0 fully saturated rings. The van der Waals surface area contributed by atoms with E-state index in [0.29, 0.717) is 21.5 Å². The van der Waals surface area contributed by atoms with Crippen LogP contribution in [0.1, 0.15) is 22.3 Å². The Morgan fingerprint density at radius 1 is 0.419 bits per heavy atom. The first-order chi connectivity index (χ1) is 21.1. The third-order valence-corrected chi connectivity index (χ3v) is 17.5. The molecule has 0 heterocycles. The van der Waals surface area contributed by atoms with Gasteiger partial charge in [0.15, 0.2) is 0 Å². The van der Waals surface area contributed by atoms with Crippen molar-refractivity contribution in [2.45, 2.75) is 12.8 Å². The summed E-state index contributed by atoms with van der Waals surface area (Å²) in [5.41, 5.74) is 10.1. The molecule has 0 spiro atoms. The van der Waals surface area contributed by atoms with Gasteiger partial charge in [0.25, 0.3) is 0 Å². The second kappa shape index (κ2) is 10.8. The van der Waals surface area contributed by atoms with Gasteiger partial charge in [-0.1, -0.05) is 0 Å². The van der Waals surface area contributed by atoms with Crippen molar-refractivity contribution < 1.29 is 26.8 Å². The molecule has 2 aliphatic carbocycles. The van der Waals surface area contributed by atoms with Gasteiger partial charge in [0, 0.05) is 0 Å². The molecule has 0 unspecified atom stereocenters. The van der Waals surface area contributed by atoms with Crippen LogP contribution >= 0.6 is 23.2 Å². The maximum atomic E-state index is 7.41. The minimum absolute atomic E-state index is 0.554. The molecule has 8 rings (SSSR count). The fraction of sp³-hybridized carbons (Fsp3) is 0.0526. The predicted octanol–water partition coefficient (Wildman–Crippen LogP) is 9.23. The summed E-state index contributed by atoms with van der Waals surface area (Å²) >= 11 is 8.90. The fourth-order valence-electron chi connectivity index (χ4n) is 6.68. The Hall–Kier alpha value is -3.62. The zero-order valence-electron chi connectivity index (χ0n) is 23.2. The molecular weight excluding hydrogens is 651 g/mol. The van der Waals surface area contributed by atoms with Gasteiger partial charge in [-0.25, -0.2) is 0 Å². The van der Waals surface area contributed by atoms with Crippen LogP contribution in [0.3, 0.4) is 0 Å². The second-order valence-electron chi connectivity index (χ2n) is 11.0. The predicted molar refractivity (Wildman–Crippen MR) is 173 cm³/mol. The standard InChI is InChI=1S/2C13H9.2C6H5ClO.Zr/c2*1-3-7-12-10(5-1)9-11-6-2-4-8-13(11)12;2*7-5-3-1-2-4-6(5)8;/h2*1-5,7-8H,9H2;2*1-4,8H;/q;;;;+2/p-2. The number of rotatable bonds is 6. The van der Waals surface area contributed by atoms with E-state index in [9.17, 15) is 0 Å². The Kier molecular flexibility index (Phi) is 6.79. The molecule has 0 saturated heterocycles. The number of para-hydroxylation sites is 2. The normalized spacial score (nSPS) is 12.7. The molecule has 0 amide bonds. The monoisotopic (exact) mass is 674 g/mol. The van der Waals surface area contributed by atoms with Crippen molar-refractivity contribution in [1.29, 1.82) is 0 Å². The molecule has 0 N–H and O–H groups in total. The van der Waals surface area contributed by atoms with Crippen molar-refractivity contribution in [3.63, 3.8) is 0 Å². The molecule has 0 radical (unpaired) electrons. The Balaban J connectivity index is 1.45. The molecule has 6 aromatic rings. The molecule has 43 heavy (non-hydrogen) atoms. The van der Waals surface area contributed by atoms with E-state index in [1.165, 1.54) is 44.5 Å². The van der Waals surface area contributed by atoms with E-state index in [1.807, 2.05) is 48.5 Å². The molecule has 6 aromatic carbocycles. The van der Waals surface area contributed by atoms with Crippen molar-refractivity contribution in [3.8, 4) is 33.8 Å². The number of halogens is 2. The van der Waals surface area contributed by atoms with E-state index in [-0.39, 0.29) is 0 Å². The van der Waals surface area contributed by atoms with Crippen LogP contribution in [0.2, 0.25) is 10.0 Å². The summed E-state index contributed by atoms with van der Waals surface area (Å²) in [6.07, 6.45) is 1.63. The minimum atomic E-state index is -4.80. The third-order valence-electron chi connectivity index (χ3n) is 8.59. The van der Waals surface area contributed by atoms with E-state index < -0.39 is 21.1 Å². The Bertz CT molecular complexity index is 1890. The van der Waals surface area contributed by atoms with Crippen LogP contribution in [0.4, 0.5) is 0 Å². The van der Waals surface area contributed by atoms with Crippen LogP contribution in [0.5, 0.6) is 11.5 Å². The van der Waals surface area contributed by atoms with E-state index in [0.717, 1.165) is 19.4 Å². The summed E-state index contributed by atoms with van der Waals surface area (Å²) < 4.78 is 17.1. The molecule has 2 aliphatic rings. The van der Waals surface area contributed by atoms with E-state index >= 15 is 0 Å². The fourth-order valence-corrected chi connectivity index (χ4v) is 16.2. The zero-order chi connectivity index (χ0) is 29.0. The summed E-state index contributed by atoms with van der Waals surface area (Å²) in [6, 6.07) is 45.9. The zero-order valence-corrected chi connectivity index (χ0v) is 27.2. The molecule has 0 saturated carbocycles.